The van der Waals surface area contributed by atoms with E-state index in [2.05, 4.69) is 21.4 Å². The van der Waals surface area contributed by atoms with Crippen LogP contribution in [0.25, 0.3) is 0 Å². The van der Waals surface area contributed by atoms with Gasteiger partial charge in [-0.1, -0.05) is 42.0 Å². The number of hydrogen-bond acceptors (Lipinski definition) is 4. The van der Waals surface area contributed by atoms with E-state index in [9.17, 15) is 18.0 Å². The summed E-state index contributed by atoms with van der Waals surface area (Å²) in [6, 6.07) is 12.4. The van der Waals surface area contributed by atoms with Gasteiger partial charge in [-0.2, -0.15) is 4.72 Å². The Hall–Kier alpha value is -2.97. The van der Waals surface area contributed by atoms with E-state index < -0.39 is 16.1 Å². The van der Waals surface area contributed by atoms with Gasteiger partial charge in [0.25, 0.3) is 0 Å². The minimum Gasteiger partial charge on any atom is -0.354 e. The third kappa shape index (κ3) is 5.89. The lowest BCUT2D eigenvalue weighted by Gasteiger charge is -2.21. The summed E-state index contributed by atoms with van der Waals surface area (Å²) in [5.41, 5.74) is 3.30. The van der Waals surface area contributed by atoms with Gasteiger partial charge in [0.1, 0.15) is 6.04 Å². The van der Waals surface area contributed by atoms with Crippen molar-refractivity contribution in [1.82, 2.24) is 10.0 Å². The molecule has 33 heavy (non-hydrogen) atoms. The van der Waals surface area contributed by atoms with Crippen molar-refractivity contribution >= 4 is 27.5 Å². The highest BCUT2D eigenvalue weighted by Crippen LogP contribution is 2.26. The topological polar surface area (TPSA) is 104 Å². The molecule has 2 amide bonds. The van der Waals surface area contributed by atoms with Gasteiger partial charge in [-0.3, -0.25) is 9.59 Å². The Bertz CT molecular complexity index is 1160. The number of aryl methyl sites for hydroxylation is 1. The molecule has 0 radical (unpaired) electrons. The molecule has 2 aromatic rings. The van der Waals surface area contributed by atoms with Crippen LogP contribution in [0.3, 0.4) is 0 Å². The predicted molar refractivity (Wildman–Crippen MR) is 127 cm³/mol. The first kappa shape index (κ1) is 23.2. The summed E-state index contributed by atoms with van der Waals surface area (Å²) < 4.78 is 29.0. The Morgan fingerprint density at radius 3 is 2.61 bits per heavy atom. The van der Waals surface area contributed by atoms with E-state index in [1.165, 1.54) is 24.5 Å². The molecule has 2 aromatic carbocycles. The first-order valence-electron chi connectivity index (χ1n) is 11.4. The Morgan fingerprint density at radius 1 is 1.03 bits per heavy atom. The molecule has 0 saturated carbocycles. The van der Waals surface area contributed by atoms with Crippen molar-refractivity contribution in [3.63, 3.8) is 0 Å². The molecule has 7 nitrogen and oxygen atoms in total. The van der Waals surface area contributed by atoms with Crippen LogP contribution < -0.4 is 15.4 Å². The Balaban J connectivity index is 1.50. The van der Waals surface area contributed by atoms with E-state index in [1.807, 2.05) is 6.07 Å². The second kappa shape index (κ2) is 10.3. The molecular formula is C25H29N3O4S. The Morgan fingerprint density at radius 2 is 1.85 bits per heavy atom. The number of allylic oxidation sites excluding steroid dienone is 1. The van der Waals surface area contributed by atoms with Crippen LogP contribution in [-0.2, 0) is 26.0 Å². The zero-order chi connectivity index (χ0) is 23.3. The number of anilines is 1. The summed E-state index contributed by atoms with van der Waals surface area (Å²) in [5.74, 6) is -0.465. The van der Waals surface area contributed by atoms with Gasteiger partial charge in [-0.15, -0.1) is 0 Å². The highest BCUT2D eigenvalue weighted by Gasteiger charge is 2.28. The molecule has 1 heterocycles. The summed E-state index contributed by atoms with van der Waals surface area (Å²) in [7, 11) is -3.98. The molecular weight excluding hydrogens is 438 g/mol. The Kier molecular flexibility index (Phi) is 7.25. The number of carbonyl (C=O) groups is 2. The fourth-order valence-corrected chi connectivity index (χ4v) is 5.48. The molecule has 1 aliphatic carbocycles. The van der Waals surface area contributed by atoms with Gasteiger partial charge in [-0.05, 0) is 67.9 Å². The van der Waals surface area contributed by atoms with E-state index in [0.717, 1.165) is 24.8 Å². The maximum absolute atomic E-state index is 13.2. The molecule has 0 fully saturated rings. The van der Waals surface area contributed by atoms with Crippen LogP contribution in [0.5, 0.6) is 0 Å². The van der Waals surface area contributed by atoms with Crippen molar-refractivity contribution in [3.05, 3.63) is 71.3 Å². The molecule has 0 aromatic heterocycles. The number of fused-ring (bicyclic) bond motifs is 1. The van der Waals surface area contributed by atoms with Gasteiger partial charge < -0.3 is 10.6 Å². The molecule has 0 unspecified atom stereocenters. The summed E-state index contributed by atoms with van der Waals surface area (Å²) >= 11 is 0. The van der Waals surface area contributed by atoms with Crippen LogP contribution in [0.15, 0.2) is 65.1 Å². The molecule has 0 saturated heterocycles. The maximum Gasteiger partial charge on any atom is 0.242 e. The van der Waals surface area contributed by atoms with Crippen molar-refractivity contribution < 1.29 is 18.0 Å². The molecule has 8 heteroatoms. The smallest absolute Gasteiger partial charge is 0.242 e. The van der Waals surface area contributed by atoms with Crippen LogP contribution in [0.2, 0.25) is 0 Å². The largest absolute Gasteiger partial charge is 0.354 e. The molecule has 2 aliphatic rings. The monoisotopic (exact) mass is 467 g/mol. The summed E-state index contributed by atoms with van der Waals surface area (Å²) in [6.45, 7) is 0.467. The highest BCUT2D eigenvalue weighted by molar-refractivity contribution is 7.89. The van der Waals surface area contributed by atoms with Crippen LogP contribution in [0, 0.1) is 0 Å². The molecule has 1 atom stereocenters. The van der Waals surface area contributed by atoms with Crippen LogP contribution >= 0.6 is 0 Å². The molecule has 1 aliphatic heterocycles. The quantitative estimate of drug-likeness (QED) is 0.516. The number of rotatable bonds is 8. The first-order chi connectivity index (χ1) is 15.9. The van der Waals surface area contributed by atoms with Gasteiger partial charge in [0.2, 0.25) is 21.8 Å². The van der Waals surface area contributed by atoms with Crippen molar-refractivity contribution in [1.29, 1.82) is 0 Å². The van der Waals surface area contributed by atoms with E-state index in [-0.39, 0.29) is 16.7 Å². The normalized spacial score (nSPS) is 16.8. The van der Waals surface area contributed by atoms with E-state index in [0.29, 0.717) is 30.6 Å². The fourth-order valence-electron chi connectivity index (χ4n) is 4.25. The molecule has 3 N–H and O–H groups in total. The minimum atomic E-state index is -3.98. The SMILES string of the molecule is O=C1CCc2cc(S(=O)(=O)N[C@H](C(=O)NCCC3=CCCCC3)c3ccccc3)ccc2N1. The predicted octanol–water partition coefficient (Wildman–Crippen LogP) is 3.60. The zero-order valence-electron chi connectivity index (χ0n) is 18.5. The van der Waals surface area contributed by atoms with E-state index in [4.69, 9.17) is 0 Å². The van der Waals surface area contributed by atoms with Gasteiger partial charge in [0.15, 0.2) is 0 Å². The lowest BCUT2D eigenvalue weighted by Crippen LogP contribution is -2.40. The van der Waals surface area contributed by atoms with Crippen LogP contribution in [0.4, 0.5) is 5.69 Å². The fraction of sp³-hybridized carbons (Fsp3) is 0.360. The van der Waals surface area contributed by atoms with Crippen molar-refractivity contribution in [2.45, 2.75) is 55.9 Å². The molecule has 174 valence electrons. The third-order valence-electron chi connectivity index (χ3n) is 6.08. The number of hydrogen-bond donors (Lipinski definition) is 3. The number of sulfonamides is 1. The number of benzene rings is 2. The van der Waals surface area contributed by atoms with Crippen LogP contribution in [-0.4, -0.2) is 26.8 Å². The summed E-state index contributed by atoms with van der Waals surface area (Å²) in [5, 5.41) is 5.65. The number of carbonyl (C=O) groups excluding carboxylic acids is 2. The first-order valence-corrected chi connectivity index (χ1v) is 12.9. The standard InChI is InChI=1S/C25H29N3O4S/c29-23-14-11-20-17-21(12-13-22(20)27-23)33(31,32)28-24(19-9-5-2-6-10-19)25(30)26-16-15-18-7-3-1-4-8-18/h2,5-7,9-10,12-13,17,24,28H,1,3-4,8,11,14-16H2,(H,26,30)(H,27,29)/t24-/m0/s1. The summed E-state index contributed by atoms with van der Waals surface area (Å²) in [6.07, 6.45) is 8.34. The van der Waals surface area contributed by atoms with Crippen LogP contribution in [0.1, 0.15) is 55.7 Å². The zero-order valence-corrected chi connectivity index (χ0v) is 19.3. The number of amides is 2. The van der Waals surface area contributed by atoms with Gasteiger partial charge in [-0.25, -0.2) is 8.42 Å². The highest BCUT2D eigenvalue weighted by atomic mass is 32.2. The average Bonchev–Trinajstić information content (AvgIpc) is 2.83. The number of nitrogens with one attached hydrogen (secondary N) is 3. The van der Waals surface area contributed by atoms with Gasteiger partial charge >= 0.3 is 0 Å². The molecule has 4 rings (SSSR count). The summed E-state index contributed by atoms with van der Waals surface area (Å²) in [4.78, 5) is 24.7. The lowest BCUT2D eigenvalue weighted by atomic mass is 9.97. The Labute approximate surface area is 194 Å². The second-order valence-corrected chi connectivity index (χ2v) is 10.2. The van der Waals surface area contributed by atoms with Crippen molar-refractivity contribution in [3.8, 4) is 0 Å². The van der Waals surface area contributed by atoms with Gasteiger partial charge in [0, 0.05) is 18.7 Å². The maximum atomic E-state index is 13.2. The van der Waals surface area contributed by atoms with Gasteiger partial charge in [0.05, 0.1) is 4.90 Å². The van der Waals surface area contributed by atoms with Crippen molar-refractivity contribution in [2.75, 3.05) is 11.9 Å². The second-order valence-electron chi connectivity index (χ2n) is 8.48. The van der Waals surface area contributed by atoms with E-state index in [1.54, 1.807) is 36.4 Å². The van der Waals surface area contributed by atoms with E-state index >= 15 is 0 Å². The minimum absolute atomic E-state index is 0.0680. The third-order valence-corrected chi connectivity index (χ3v) is 7.50. The lowest BCUT2D eigenvalue weighted by molar-refractivity contribution is -0.122. The molecule has 0 bridgehead atoms. The molecule has 0 spiro atoms. The van der Waals surface area contributed by atoms with Crippen molar-refractivity contribution in [2.24, 2.45) is 0 Å². The average molecular weight is 468 g/mol.